The lowest BCUT2D eigenvalue weighted by molar-refractivity contribution is -0.138. The third-order valence-electron chi connectivity index (χ3n) is 3.44. The van der Waals surface area contributed by atoms with E-state index >= 15 is 0 Å². The number of sulfonamides is 1. The molecule has 0 amide bonds. The van der Waals surface area contributed by atoms with Crippen LogP contribution in [-0.2, 0) is 14.8 Å². The summed E-state index contributed by atoms with van der Waals surface area (Å²) in [7, 11) is -3.36. The van der Waals surface area contributed by atoms with Gasteiger partial charge in [-0.2, -0.15) is 0 Å². The maximum absolute atomic E-state index is 11.9. The smallest absolute Gasteiger partial charge is 0.305 e. The van der Waals surface area contributed by atoms with E-state index in [4.69, 9.17) is 5.11 Å². The molecule has 0 bridgehead atoms. The number of nitrogens with one attached hydrogen (secondary N) is 1. The van der Waals surface area contributed by atoms with E-state index in [9.17, 15) is 13.2 Å². The van der Waals surface area contributed by atoms with E-state index in [2.05, 4.69) is 4.72 Å². The lowest BCUT2D eigenvalue weighted by Crippen LogP contribution is -2.51. The second kappa shape index (κ2) is 6.52. The predicted octanol–water partition coefficient (Wildman–Crippen LogP) is 1.88. The number of rotatable bonds is 7. The van der Waals surface area contributed by atoms with Crippen LogP contribution < -0.4 is 4.72 Å². The first kappa shape index (κ1) is 15.4. The highest BCUT2D eigenvalue weighted by molar-refractivity contribution is 7.89. The highest BCUT2D eigenvalue weighted by atomic mass is 32.2. The van der Waals surface area contributed by atoms with Crippen LogP contribution in [0.1, 0.15) is 58.3 Å². The van der Waals surface area contributed by atoms with Crippen molar-refractivity contribution in [2.45, 2.75) is 63.8 Å². The first-order chi connectivity index (χ1) is 8.39. The fourth-order valence-electron chi connectivity index (χ4n) is 2.55. The van der Waals surface area contributed by atoms with Crippen LogP contribution in [0.3, 0.4) is 0 Å². The van der Waals surface area contributed by atoms with Crippen molar-refractivity contribution in [2.75, 3.05) is 5.75 Å². The van der Waals surface area contributed by atoms with Crippen LogP contribution in [0.4, 0.5) is 0 Å². The van der Waals surface area contributed by atoms with E-state index < -0.39 is 21.5 Å². The third kappa shape index (κ3) is 4.94. The van der Waals surface area contributed by atoms with Crippen molar-refractivity contribution < 1.29 is 18.3 Å². The van der Waals surface area contributed by atoms with Gasteiger partial charge in [0.1, 0.15) is 0 Å². The highest BCUT2D eigenvalue weighted by Gasteiger charge is 2.37. The molecule has 0 aromatic heterocycles. The monoisotopic (exact) mass is 277 g/mol. The molecule has 1 rings (SSSR count). The molecular formula is C12H23NO4S. The molecule has 5 nitrogen and oxygen atoms in total. The second-order valence-electron chi connectivity index (χ2n) is 5.19. The Morgan fingerprint density at radius 3 is 2.39 bits per heavy atom. The van der Waals surface area contributed by atoms with E-state index in [1.807, 2.05) is 6.92 Å². The van der Waals surface area contributed by atoms with Crippen molar-refractivity contribution in [1.82, 2.24) is 4.72 Å². The molecule has 0 heterocycles. The zero-order chi connectivity index (χ0) is 13.6. The van der Waals surface area contributed by atoms with E-state index in [0.29, 0.717) is 19.3 Å². The molecule has 0 saturated heterocycles. The number of hydrogen-bond acceptors (Lipinski definition) is 3. The van der Waals surface area contributed by atoms with Gasteiger partial charge in [0.05, 0.1) is 12.2 Å². The summed E-state index contributed by atoms with van der Waals surface area (Å²) in [5.74, 6) is -0.847. The zero-order valence-electron chi connectivity index (χ0n) is 10.9. The zero-order valence-corrected chi connectivity index (χ0v) is 11.8. The lowest BCUT2D eigenvalue weighted by atomic mass is 9.80. The molecule has 1 fully saturated rings. The lowest BCUT2D eigenvalue weighted by Gasteiger charge is -2.36. The van der Waals surface area contributed by atoms with Gasteiger partial charge in [-0.1, -0.05) is 32.6 Å². The van der Waals surface area contributed by atoms with E-state index in [-0.39, 0.29) is 12.2 Å². The molecule has 1 saturated carbocycles. The minimum atomic E-state index is -3.36. The van der Waals surface area contributed by atoms with Crippen LogP contribution in [-0.4, -0.2) is 30.8 Å². The number of carboxylic acids is 1. The van der Waals surface area contributed by atoms with E-state index in [0.717, 1.165) is 25.7 Å². The van der Waals surface area contributed by atoms with Crippen LogP contribution in [0.5, 0.6) is 0 Å². The summed E-state index contributed by atoms with van der Waals surface area (Å²) in [5.41, 5.74) is -0.753. The number of aliphatic carboxylic acids is 1. The van der Waals surface area contributed by atoms with Gasteiger partial charge < -0.3 is 5.11 Å². The highest BCUT2D eigenvalue weighted by Crippen LogP contribution is 2.31. The van der Waals surface area contributed by atoms with Crippen molar-refractivity contribution in [2.24, 2.45) is 0 Å². The first-order valence-corrected chi connectivity index (χ1v) is 8.28. The fraction of sp³-hybridized carbons (Fsp3) is 0.917. The van der Waals surface area contributed by atoms with Crippen LogP contribution in [0.25, 0.3) is 0 Å². The topological polar surface area (TPSA) is 83.5 Å². The van der Waals surface area contributed by atoms with Gasteiger partial charge in [0.25, 0.3) is 0 Å². The maximum Gasteiger partial charge on any atom is 0.305 e. The SMILES string of the molecule is CCCCS(=O)(=O)NC1(CC(=O)O)CCCCC1. The molecule has 0 aliphatic heterocycles. The van der Waals surface area contributed by atoms with Crippen LogP contribution in [0, 0.1) is 0 Å². The summed E-state index contributed by atoms with van der Waals surface area (Å²) < 4.78 is 26.5. The molecule has 2 N–H and O–H groups in total. The molecule has 18 heavy (non-hydrogen) atoms. The quantitative estimate of drug-likeness (QED) is 0.744. The van der Waals surface area contributed by atoms with Crippen molar-refractivity contribution in [3.05, 3.63) is 0 Å². The van der Waals surface area contributed by atoms with Crippen molar-refractivity contribution >= 4 is 16.0 Å². The third-order valence-corrected chi connectivity index (χ3v) is 5.01. The van der Waals surface area contributed by atoms with Gasteiger partial charge in [-0.15, -0.1) is 0 Å². The predicted molar refractivity (Wildman–Crippen MR) is 69.9 cm³/mol. The Balaban J connectivity index is 2.74. The molecular weight excluding hydrogens is 254 g/mol. The van der Waals surface area contributed by atoms with Crippen molar-refractivity contribution in [3.63, 3.8) is 0 Å². The van der Waals surface area contributed by atoms with Gasteiger partial charge in [-0.3, -0.25) is 4.79 Å². The van der Waals surface area contributed by atoms with Crippen LogP contribution >= 0.6 is 0 Å². The van der Waals surface area contributed by atoms with Gasteiger partial charge >= 0.3 is 5.97 Å². The van der Waals surface area contributed by atoms with Gasteiger partial charge in [0, 0.05) is 5.54 Å². The summed E-state index contributed by atoms with van der Waals surface area (Å²) in [6.07, 6.45) is 5.41. The molecule has 0 unspecified atom stereocenters. The molecule has 6 heteroatoms. The Morgan fingerprint density at radius 1 is 1.28 bits per heavy atom. The minimum absolute atomic E-state index is 0.0882. The van der Waals surface area contributed by atoms with Crippen LogP contribution in [0.15, 0.2) is 0 Å². The Bertz CT molecular complexity index is 372. The summed E-state index contributed by atoms with van der Waals surface area (Å²) in [6, 6.07) is 0. The average molecular weight is 277 g/mol. The largest absolute Gasteiger partial charge is 0.481 e. The summed E-state index contributed by atoms with van der Waals surface area (Å²) in [6.45, 7) is 1.93. The van der Waals surface area contributed by atoms with Gasteiger partial charge in [0.15, 0.2) is 0 Å². The number of carbonyl (C=O) groups is 1. The normalized spacial score (nSPS) is 19.6. The minimum Gasteiger partial charge on any atom is -0.481 e. The van der Waals surface area contributed by atoms with Gasteiger partial charge in [-0.25, -0.2) is 13.1 Å². The second-order valence-corrected chi connectivity index (χ2v) is 7.03. The number of unbranched alkanes of at least 4 members (excludes halogenated alkanes) is 1. The Hall–Kier alpha value is -0.620. The summed E-state index contributed by atoms with van der Waals surface area (Å²) in [4.78, 5) is 10.9. The van der Waals surface area contributed by atoms with Gasteiger partial charge in [0.2, 0.25) is 10.0 Å². The Kier molecular flexibility index (Phi) is 5.59. The Labute approximate surface area is 109 Å². The number of hydrogen-bond donors (Lipinski definition) is 2. The van der Waals surface area contributed by atoms with E-state index in [1.54, 1.807) is 0 Å². The van der Waals surface area contributed by atoms with Gasteiger partial charge in [-0.05, 0) is 19.3 Å². The summed E-state index contributed by atoms with van der Waals surface area (Å²) in [5, 5.41) is 8.97. The molecule has 1 aliphatic rings. The number of carboxylic acid groups (broad SMARTS) is 1. The maximum atomic E-state index is 11.9. The van der Waals surface area contributed by atoms with Crippen molar-refractivity contribution in [3.8, 4) is 0 Å². The Morgan fingerprint density at radius 2 is 1.89 bits per heavy atom. The molecule has 0 atom stereocenters. The summed E-state index contributed by atoms with van der Waals surface area (Å²) >= 11 is 0. The molecule has 1 aliphatic carbocycles. The average Bonchev–Trinajstić information content (AvgIpc) is 2.25. The molecule has 0 aromatic rings. The molecule has 0 radical (unpaired) electrons. The molecule has 0 aromatic carbocycles. The van der Waals surface area contributed by atoms with Crippen LogP contribution in [0.2, 0.25) is 0 Å². The molecule has 106 valence electrons. The fourth-order valence-corrected chi connectivity index (χ4v) is 4.26. The van der Waals surface area contributed by atoms with E-state index in [1.165, 1.54) is 0 Å². The first-order valence-electron chi connectivity index (χ1n) is 6.63. The molecule has 0 spiro atoms. The van der Waals surface area contributed by atoms with Crippen molar-refractivity contribution in [1.29, 1.82) is 0 Å². The standard InChI is InChI=1S/C12H23NO4S/c1-2-3-9-18(16,17)13-12(10-11(14)15)7-5-4-6-8-12/h13H,2-10H2,1H3,(H,14,15).